The molecule has 4 rings (SSSR count). The number of aromatic nitrogens is 5. The van der Waals surface area contributed by atoms with Crippen molar-refractivity contribution in [2.75, 3.05) is 27.2 Å². The van der Waals surface area contributed by atoms with E-state index in [1.54, 1.807) is 10.8 Å². The normalized spacial score (nSPS) is 11.0. The van der Waals surface area contributed by atoms with Gasteiger partial charge in [0.2, 0.25) is 0 Å². The Hall–Kier alpha value is -3.30. The molecule has 0 unspecified atom stereocenters. The number of fused-ring (bicyclic) bond motifs is 2. The number of aromatic amines is 1. The number of carboxylic acid groups (broad SMARTS) is 1. The number of nitrogens with one attached hydrogen (secondary N) is 1. The molecule has 4 aromatic heterocycles. The lowest BCUT2D eigenvalue weighted by molar-refractivity contribution is -0.122. The average molecular weight is 382 g/mol. The van der Waals surface area contributed by atoms with Crippen LogP contribution >= 0.6 is 0 Å². The number of pyridine rings is 1. The first-order chi connectivity index (χ1) is 13.6. The molecule has 4 heterocycles. The molecule has 0 amide bonds. The number of carbonyl (C=O) groups is 1. The summed E-state index contributed by atoms with van der Waals surface area (Å²) in [5, 5.41) is 16.5. The largest absolute Gasteiger partial charge is 0.483 e. The first-order valence-electron chi connectivity index (χ1n) is 8.70. The van der Waals surface area contributed by atoms with Crippen molar-refractivity contribution in [2.24, 2.45) is 0 Å². The van der Waals surface area contributed by atoms with Crippen molar-refractivity contribution in [3.63, 3.8) is 0 Å². The van der Waals surface area contributed by atoms with E-state index in [2.05, 4.69) is 31.1 Å². The van der Waals surface area contributed by atoms with Crippen LogP contribution in [0.5, 0.6) is 0 Å². The van der Waals surface area contributed by atoms with E-state index < -0.39 is 0 Å². The number of H-pyrrole nitrogens is 1. The molecule has 0 aliphatic carbocycles. The van der Waals surface area contributed by atoms with Gasteiger partial charge in [-0.3, -0.25) is 4.79 Å². The Balaban J connectivity index is 0.000000706. The summed E-state index contributed by atoms with van der Waals surface area (Å²) in [6, 6.07) is 8.05. The second-order valence-corrected chi connectivity index (χ2v) is 6.33. The highest BCUT2D eigenvalue weighted by molar-refractivity contribution is 5.97. The molecular weight excluding hydrogens is 360 g/mol. The fourth-order valence-corrected chi connectivity index (χ4v) is 2.86. The van der Waals surface area contributed by atoms with Gasteiger partial charge in [0.05, 0.1) is 24.9 Å². The molecule has 0 radical (unpaired) electrons. The van der Waals surface area contributed by atoms with E-state index in [1.165, 1.54) is 0 Å². The minimum Gasteiger partial charge on any atom is -0.483 e. The highest BCUT2D eigenvalue weighted by atomic mass is 16.5. The van der Waals surface area contributed by atoms with Gasteiger partial charge in [-0.2, -0.15) is 14.8 Å². The molecule has 146 valence electrons. The summed E-state index contributed by atoms with van der Waals surface area (Å²) < 4.78 is 7.37. The third-order valence-corrected chi connectivity index (χ3v) is 4.12. The fourth-order valence-electron chi connectivity index (χ4n) is 2.86. The van der Waals surface area contributed by atoms with Crippen LogP contribution < -0.4 is 0 Å². The number of ether oxygens (including phenoxy) is 1. The summed E-state index contributed by atoms with van der Waals surface area (Å²) in [6.07, 6.45) is 5.38. The zero-order valence-electron chi connectivity index (χ0n) is 15.7. The zero-order valence-corrected chi connectivity index (χ0v) is 15.7. The first kappa shape index (κ1) is 19.5. The standard InChI is InChI=1S/C18H20N6O.CH2O2/c1-23(2)8-9-25-12-13-10-15-14(5-7-19-18(15)22-13)16-11-21-24-17(16)4-3-6-20-24;2-1-3/h3-7,10-11H,8-9,12H2,1-2H3,(H,19,22);1H,(H,2,3). The molecule has 9 heteroatoms. The maximum Gasteiger partial charge on any atom is 0.290 e. The van der Waals surface area contributed by atoms with Crippen molar-refractivity contribution in [3.8, 4) is 11.1 Å². The van der Waals surface area contributed by atoms with Crippen molar-refractivity contribution < 1.29 is 14.6 Å². The minimum atomic E-state index is -0.250. The van der Waals surface area contributed by atoms with Crippen LogP contribution in [0, 0.1) is 0 Å². The quantitative estimate of drug-likeness (QED) is 0.388. The summed E-state index contributed by atoms with van der Waals surface area (Å²) in [6.45, 7) is 1.89. The van der Waals surface area contributed by atoms with Gasteiger partial charge >= 0.3 is 0 Å². The van der Waals surface area contributed by atoms with Crippen LogP contribution in [0.3, 0.4) is 0 Å². The molecule has 0 bridgehead atoms. The summed E-state index contributed by atoms with van der Waals surface area (Å²) in [4.78, 5) is 18.3. The van der Waals surface area contributed by atoms with Gasteiger partial charge in [0.25, 0.3) is 6.47 Å². The molecule has 0 atom stereocenters. The molecule has 28 heavy (non-hydrogen) atoms. The Morgan fingerprint density at radius 2 is 2.07 bits per heavy atom. The van der Waals surface area contributed by atoms with Crippen molar-refractivity contribution in [3.05, 3.63) is 48.5 Å². The number of rotatable bonds is 6. The van der Waals surface area contributed by atoms with Crippen LogP contribution in [0.25, 0.3) is 27.7 Å². The van der Waals surface area contributed by atoms with E-state index in [4.69, 9.17) is 14.6 Å². The van der Waals surface area contributed by atoms with E-state index in [0.29, 0.717) is 13.2 Å². The van der Waals surface area contributed by atoms with Gasteiger partial charge in [0.1, 0.15) is 5.65 Å². The van der Waals surface area contributed by atoms with Crippen LogP contribution in [0.2, 0.25) is 0 Å². The minimum absolute atomic E-state index is 0.250. The SMILES string of the molecule is CN(C)CCOCc1cc2c(-c3cnn4ncccc34)ccnc2[nH]1.O=CO. The summed E-state index contributed by atoms with van der Waals surface area (Å²) >= 11 is 0. The van der Waals surface area contributed by atoms with Crippen molar-refractivity contribution in [1.29, 1.82) is 0 Å². The Morgan fingerprint density at radius 3 is 2.86 bits per heavy atom. The smallest absolute Gasteiger partial charge is 0.290 e. The Bertz CT molecular complexity index is 1060. The van der Waals surface area contributed by atoms with Gasteiger partial charge in [-0.1, -0.05) is 0 Å². The highest BCUT2D eigenvalue weighted by Crippen LogP contribution is 2.30. The van der Waals surface area contributed by atoms with E-state index >= 15 is 0 Å². The summed E-state index contributed by atoms with van der Waals surface area (Å²) in [7, 11) is 4.07. The fraction of sp³-hybridized carbons (Fsp3) is 0.263. The lowest BCUT2D eigenvalue weighted by Crippen LogP contribution is -2.17. The van der Waals surface area contributed by atoms with Crippen LogP contribution in [-0.2, 0) is 16.1 Å². The molecule has 0 saturated heterocycles. The van der Waals surface area contributed by atoms with Crippen molar-refractivity contribution >= 4 is 23.0 Å². The second-order valence-electron chi connectivity index (χ2n) is 6.33. The van der Waals surface area contributed by atoms with Gasteiger partial charge in [-0.25, -0.2) is 4.98 Å². The average Bonchev–Trinajstić information content (AvgIpc) is 3.29. The maximum atomic E-state index is 8.36. The monoisotopic (exact) mass is 382 g/mol. The molecule has 0 spiro atoms. The van der Waals surface area contributed by atoms with Gasteiger partial charge in [-0.15, -0.1) is 0 Å². The highest BCUT2D eigenvalue weighted by Gasteiger charge is 2.13. The maximum absolute atomic E-state index is 8.36. The number of likely N-dealkylation sites (N-methyl/N-ethyl adjacent to an activating group) is 1. The molecule has 0 fully saturated rings. The topological polar surface area (TPSA) is 109 Å². The molecule has 0 aliphatic rings. The summed E-state index contributed by atoms with van der Waals surface area (Å²) in [5.74, 6) is 0. The van der Waals surface area contributed by atoms with Crippen LogP contribution in [0.15, 0.2) is 42.9 Å². The van der Waals surface area contributed by atoms with Crippen molar-refractivity contribution in [1.82, 2.24) is 29.7 Å². The van der Waals surface area contributed by atoms with Gasteiger partial charge in [0.15, 0.2) is 0 Å². The lowest BCUT2D eigenvalue weighted by atomic mass is 10.1. The first-order valence-corrected chi connectivity index (χ1v) is 8.70. The van der Waals surface area contributed by atoms with Gasteiger partial charge < -0.3 is 19.7 Å². The molecule has 0 aromatic carbocycles. The summed E-state index contributed by atoms with van der Waals surface area (Å²) in [5.41, 5.74) is 4.97. The van der Waals surface area contributed by atoms with E-state index in [9.17, 15) is 0 Å². The molecule has 2 N–H and O–H groups in total. The van der Waals surface area contributed by atoms with E-state index in [1.807, 2.05) is 44.7 Å². The van der Waals surface area contributed by atoms with Crippen LogP contribution in [0.4, 0.5) is 0 Å². The third-order valence-electron chi connectivity index (χ3n) is 4.12. The van der Waals surface area contributed by atoms with Crippen molar-refractivity contribution in [2.45, 2.75) is 6.61 Å². The lowest BCUT2D eigenvalue weighted by Gasteiger charge is -2.08. The molecule has 0 saturated carbocycles. The third kappa shape index (κ3) is 4.33. The van der Waals surface area contributed by atoms with Gasteiger partial charge in [0, 0.05) is 35.6 Å². The Labute approximate surface area is 161 Å². The molecule has 4 aromatic rings. The molecule has 0 aliphatic heterocycles. The number of nitrogens with zero attached hydrogens (tertiary/aromatic N) is 5. The Morgan fingerprint density at radius 1 is 1.25 bits per heavy atom. The van der Waals surface area contributed by atoms with Crippen LogP contribution in [0.1, 0.15) is 5.69 Å². The molecule has 9 nitrogen and oxygen atoms in total. The van der Waals surface area contributed by atoms with E-state index in [0.717, 1.165) is 39.9 Å². The van der Waals surface area contributed by atoms with Crippen LogP contribution in [-0.4, -0.2) is 68.5 Å². The number of hydrogen-bond acceptors (Lipinski definition) is 6. The predicted molar refractivity (Wildman–Crippen MR) is 105 cm³/mol. The molecular formula is C19H22N6O3. The second kappa shape index (κ2) is 9.07. The number of hydrogen-bond donors (Lipinski definition) is 2. The zero-order chi connectivity index (χ0) is 19.9. The van der Waals surface area contributed by atoms with E-state index in [-0.39, 0.29) is 6.47 Å². The Kier molecular flexibility index (Phi) is 6.30. The predicted octanol–water partition coefficient (Wildman–Crippen LogP) is 2.05. The van der Waals surface area contributed by atoms with Gasteiger partial charge in [-0.05, 0) is 43.9 Å².